The molecule has 2 heterocycles. The van der Waals surface area contributed by atoms with Crippen LogP contribution in [0, 0.1) is 0 Å². The second-order valence-electron chi connectivity index (χ2n) is 6.15. The molecule has 1 aliphatic rings. The molecule has 0 fully saturated rings. The van der Waals surface area contributed by atoms with Gasteiger partial charge >= 0.3 is 0 Å². The fourth-order valence-corrected chi connectivity index (χ4v) is 3.17. The number of benzene rings is 1. The molecule has 0 saturated heterocycles. The van der Waals surface area contributed by atoms with Gasteiger partial charge in [0.15, 0.2) is 0 Å². The van der Waals surface area contributed by atoms with E-state index >= 15 is 0 Å². The third kappa shape index (κ3) is 3.73. The maximum atomic E-state index is 4.53. The van der Waals surface area contributed by atoms with Crippen LogP contribution >= 0.6 is 0 Å². The van der Waals surface area contributed by atoms with Crippen LogP contribution in [0.1, 0.15) is 43.5 Å². The van der Waals surface area contributed by atoms with Crippen molar-refractivity contribution in [2.45, 2.75) is 51.1 Å². The van der Waals surface area contributed by atoms with Crippen molar-refractivity contribution in [2.75, 3.05) is 6.54 Å². The summed E-state index contributed by atoms with van der Waals surface area (Å²) in [7, 11) is 0. The van der Waals surface area contributed by atoms with E-state index in [9.17, 15) is 0 Å². The third-order valence-corrected chi connectivity index (χ3v) is 4.49. The predicted octanol–water partition coefficient (Wildman–Crippen LogP) is 3.37. The van der Waals surface area contributed by atoms with Gasteiger partial charge in [-0.3, -0.25) is 0 Å². The number of rotatable bonds is 6. The average Bonchev–Trinajstić information content (AvgIpc) is 3.01. The second kappa shape index (κ2) is 6.90. The first kappa shape index (κ1) is 14.3. The highest BCUT2D eigenvalue weighted by atomic mass is 15.1. The van der Waals surface area contributed by atoms with Crippen LogP contribution in [-0.2, 0) is 13.0 Å². The average molecular weight is 283 g/mol. The molecule has 3 nitrogen and oxygen atoms in total. The maximum absolute atomic E-state index is 4.53. The normalized spacial score (nSPS) is 19.2. The lowest BCUT2D eigenvalue weighted by molar-refractivity contribution is 0.399. The zero-order valence-electron chi connectivity index (χ0n) is 12.8. The summed E-state index contributed by atoms with van der Waals surface area (Å²) in [4.78, 5) is 4.53. The maximum Gasteiger partial charge on any atom is 0.113 e. The molecule has 0 spiro atoms. The summed E-state index contributed by atoms with van der Waals surface area (Å²) in [6.07, 6.45) is 8.91. The van der Waals surface area contributed by atoms with Gasteiger partial charge in [-0.25, -0.2) is 4.98 Å². The smallest absolute Gasteiger partial charge is 0.113 e. The highest BCUT2D eigenvalue weighted by Crippen LogP contribution is 2.25. The Morgan fingerprint density at radius 2 is 2.19 bits per heavy atom. The van der Waals surface area contributed by atoms with E-state index in [4.69, 9.17) is 0 Å². The van der Waals surface area contributed by atoms with E-state index in [0.717, 1.165) is 19.5 Å². The fourth-order valence-electron chi connectivity index (χ4n) is 3.17. The Morgan fingerprint density at radius 1 is 1.33 bits per heavy atom. The first-order chi connectivity index (χ1) is 10.3. The molecule has 0 unspecified atom stereocenters. The zero-order chi connectivity index (χ0) is 14.5. The molecule has 0 bridgehead atoms. The molecule has 112 valence electrons. The van der Waals surface area contributed by atoms with Gasteiger partial charge in [-0.1, -0.05) is 30.3 Å². The van der Waals surface area contributed by atoms with Gasteiger partial charge in [-0.05, 0) is 38.2 Å². The minimum absolute atomic E-state index is 0.551. The van der Waals surface area contributed by atoms with Gasteiger partial charge in [0.05, 0.1) is 0 Å². The minimum atomic E-state index is 0.551. The summed E-state index contributed by atoms with van der Waals surface area (Å²) in [5.41, 5.74) is 1.43. The molecule has 0 amide bonds. The molecule has 2 aromatic rings. The molecule has 0 radical (unpaired) electrons. The molecule has 1 aliphatic heterocycles. The predicted molar refractivity (Wildman–Crippen MR) is 86.4 cm³/mol. The van der Waals surface area contributed by atoms with Gasteiger partial charge < -0.3 is 9.88 Å². The van der Waals surface area contributed by atoms with Gasteiger partial charge in [0, 0.05) is 37.4 Å². The SMILES string of the molecule is C[C@@H](CCc1ccccc1)NC[C@H]1CCCn2ccnc21. The van der Waals surface area contributed by atoms with E-state index in [-0.39, 0.29) is 0 Å². The van der Waals surface area contributed by atoms with E-state index in [0.29, 0.717) is 12.0 Å². The number of imidazole rings is 1. The molecule has 1 aromatic heterocycles. The third-order valence-electron chi connectivity index (χ3n) is 4.49. The van der Waals surface area contributed by atoms with Crippen molar-refractivity contribution in [3.63, 3.8) is 0 Å². The minimum Gasteiger partial charge on any atom is -0.335 e. The van der Waals surface area contributed by atoms with E-state index in [1.165, 1.54) is 30.7 Å². The van der Waals surface area contributed by atoms with Crippen LogP contribution in [0.2, 0.25) is 0 Å². The molecule has 3 rings (SSSR count). The molecule has 1 N–H and O–H groups in total. The number of hydrogen-bond acceptors (Lipinski definition) is 2. The Bertz CT molecular complexity index is 547. The van der Waals surface area contributed by atoms with Gasteiger partial charge in [-0.15, -0.1) is 0 Å². The first-order valence-electron chi connectivity index (χ1n) is 8.11. The molecular formula is C18H25N3. The largest absolute Gasteiger partial charge is 0.335 e. The number of fused-ring (bicyclic) bond motifs is 1. The first-order valence-corrected chi connectivity index (χ1v) is 8.11. The van der Waals surface area contributed by atoms with Crippen molar-refractivity contribution in [3.05, 3.63) is 54.1 Å². The monoisotopic (exact) mass is 283 g/mol. The highest BCUT2D eigenvalue weighted by molar-refractivity contribution is 5.14. The van der Waals surface area contributed by atoms with Crippen molar-refractivity contribution in [1.29, 1.82) is 0 Å². The molecule has 3 heteroatoms. The van der Waals surface area contributed by atoms with Crippen LogP contribution in [-0.4, -0.2) is 22.1 Å². The lowest BCUT2D eigenvalue weighted by atomic mass is 9.98. The zero-order valence-corrected chi connectivity index (χ0v) is 12.8. The van der Waals surface area contributed by atoms with Crippen molar-refractivity contribution < 1.29 is 0 Å². The van der Waals surface area contributed by atoms with Crippen LogP contribution < -0.4 is 5.32 Å². The topological polar surface area (TPSA) is 29.9 Å². The summed E-state index contributed by atoms with van der Waals surface area (Å²) in [5.74, 6) is 1.84. The standard InChI is InChI=1S/C18H25N3/c1-15(9-10-16-6-3-2-4-7-16)20-14-17-8-5-12-21-13-11-19-18(17)21/h2-4,6-7,11,13,15,17,20H,5,8-10,12,14H2,1H3/t15-,17+/m0/s1. The Hall–Kier alpha value is -1.61. The Morgan fingerprint density at radius 3 is 3.05 bits per heavy atom. The summed E-state index contributed by atoms with van der Waals surface area (Å²) in [5, 5.41) is 3.70. The van der Waals surface area contributed by atoms with Crippen molar-refractivity contribution in [3.8, 4) is 0 Å². The van der Waals surface area contributed by atoms with E-state index in [2.05, 4.69) is 58.3 Å². The molecule has 0 saturated carbocycles. The summed E-state index contributed by atoms with van der Waals surface area (Å²) >= 11 is 0. The Balaban J connectivity index is 1.45. The number of hydrogen-bond donors (Lipinski definition) is 1. The molecule has 0 aliphatic carbocycles. The van der Waals surface area contributed by atoms with Crippen LogP contribution in [0.4, 0.5) is 0 Å². The quantitative estimate of drug-likeness (QED) is 0.881. The van der Waals surface area contributed by atoms with Gasteiger partial charge in [0.1, 0.15) is 5.82 Å². The lowest BCUT2D eigenvalue weighted by Gasteiger charge is -2.25. The van der Waals surface area contributed by atoms with Gasteiger partial charge in [0.25, 0.3) is 0 Å². The summed E-state index contributed by atoms with van der Waals surface area (Å²) in [6, 6.07) is 11.3. The van der Waals surface area contributed by atoms with Crippen molar-refractivity contribution in [2.24, 2.45) is 0 Å². The van der Waals surface area contributed by atoms with Gasteiger partial charge in [-0.2, -0.15) is 0 Å². The van der Waals surface area contributed by atoms with E-state index in [1.54, 1.807) is 0 Å². The molecule has 21 heavy (non-hydrogen) atoms. The number of aryl methyl sites for hydroxylation is 2. The molecule has 2 atom stereocenters. The number of nitrogens with one attached hydrogen (secondary N) is 1. The van der Waals surface area contributed by atoms with Crippen molar-refractivity contribution >= 4 is 0 Å². The van der Waals surface area contributed by atoms with Crippen LogP contribution in [0.15, 0.2) is 42.7 Å². The molecule has 1 aromatic carbocycles. The lowest BCUT2D eigenvalue weighted by Crippen LogP contribution is -2.33. The van der Waals surface area contributed by atoms with Gasteiger partial charge in [0.2, 0.25) is 0 Å². The number of nitrogens with zero attached hydrogens (tertiary/aromatic N) is 2. The highest BCUT2D eigenvalue weighted by Gasteiger charge is 2.21. The Labute approximate surface area is 127 Å². The van der Waals surface area contributed by atoms with E-state index < -0.39 is 0 Å². The molecular weight excluding hydrogens is 258 g/mol. The second-order valence-corrected chi connectivity index (χ2v) is 6.15. The Kier molecular flexibility index (Phi) is 4.71. The van der Waals surface area contributed by atoms with E-state index in [1.807, 2.05) is 6.20 Å². The van der Waals surface area contributed by atoms with Crippen LogP contribution in [0.25, 0.3) is 0 Å². The van der Waals surface area contributed by atoms with Crippen LogP contribution in [0.5, 0.6) is 0 Å². The van der Waals surface area contributed by atoms with Crippen LogP contribution in [0.3, 0.4) is 0 Å². The summed E-state index contributed by atoms with van der Waals surface area (Å²) < 4.78 is 2.31. The van der Waals surface area contributed by atoms with Crippen molar-refractivity contribution in [1.82, 2.24) is 14.9 Å². The number of aromatic nitrogens is 2. The fraction of sp³-hybridized carbons (Fsp3) is 0.500. The summed E-state index contributed by atoms with van der Waals surface area (Å²) in [6.45, 7) is 4.47.